The largest absolute Gasteiger partial charge is 0.494 e. The minimum absolute atomic E-state index is 0.712. The zero-order valence-electron chi connectivity index (χ0n) is 16.0. The first-order valence-electron chi connectivity index (χ1n) is 9.02. The number of nitrogens with zero attached hydrogens (tertiary/aromatic N) is 3. The molecule has 142 valence electrons. The van der Waals surface area contributed by atoms with Crippen molar-refractivity contribution in [3.05, 3.63) is 65.5 Å². The Balaban J connectivity index is 1.40. The van der Waals surface area contributed by atoms with Crippen LogP contribution in [0, 0.1) is 13.8 Å². The average molecular weight is 400 g/mol. The first kappa shape index (κ1) is 19.8. The maximum Gasteiger partial charge on any atom is 0.190 e. The number of rotatable bonds is 9. The van der Waals surface area contributed by atoms with E-state index < -0.39 is 0 Å². The van der Waals surface area contributed by atoms with Gasteiger partial charge in [0.25, 0.3) is 0 Å². The molecule has 0 atom stereocenters. The molecule has 0 amide bonds. The Morgan fingerprint density at radius 3 is 2.26 bits per heavy atom. The molecule has 3 rings (SSSR count). The van der Waals surface area contributed by atoms with Crippen LogP contribution in [-0.2, 0) is 12.8 Å². The van der Waals surface area contributed by atoms with Crippen LogP contribution in [0.3, 0.4) is 0 Å². The molecule has 0 aliphatic carbocycles. The van der Waals surface area contributed by atoms with Crippen LogP contribution in [0.1, 0.15) is 23.4 Å². The van der Waals surface area contributed by atoms with E-state index in [1.807, 2.05) is 19.2 Å². The summed E-state index contributed by atoms with van der Waals surface area (Å²) in [6.07, 6.45) is 0.971. The molecule has 0 aliphatic rings. The van der Waals surface area contributed by atoms with E-state index in [9.17, 15) is 0 Å². The Morgan fingerprint density at radius 1 is 0.889 bits per heavy atom. The van der Waals surface area contributed by atoms with Crippen LogP contribution in [0.2, 0.25) is 0 Å². The zero-order chi connectivity index (χ0) is 19.1. The SMILES string of the molecule is Cc1ccc(OCCCSc2nnc(CSc3ccc(C)cc3)n2C)cc1. The Bertz CT molecular complexity index is 845. The summed E-state index contributed by atoms with van der Waals surface area (Å²) in [4.78, 5) is 1.26. The minimum atomic E-state index is 0.712. The van der Waals surface area contributed by atoms with Crippen LogP contribution < -0.4 is 4.74 Å². The Morgan fingerprint density at radius 2 is 1.56 bits per heavy atom. The minimum Gasteiger partial charge on any atom is -0.494 e. The number of hydrogen-bond acceptors (Lipinski definition) is 5. The van der Waals surface area contributed by atoms with Crippen LogP contribution >= 0.6 is 23.5 Å². The van der Waals surface area contributed by atoms with E-state index in [1.54, 1.807) is 23.5 Å². The fourth-order valence-corrected chi connectivity index (χ4v) is 4.14. The standard InChI is InChI=1S/C21H25N3OS2/c1-16-5-9-18(10-6-16)25-13-4-14-26-21-23-22-20(24(21)3)15-27-19-11-7-17(2)8-12-19/h5-12H,4,13-15H2,1-3H3. The molecule has 0 bridgehead atoms. The second-order valence-electron chi connectivity index (χ2n) is 6.42. The van der Waals surface area contributed by atoms with Gasteiger partial charge in [-0.15, -0.1) is 22.0 Å². The quantitative estimate of drug-likeness (QED) is 0.361. The van der Waals surface area contributed by atoms with Crippen molar-refractivity contribution in [3.8, 4) is 5.75 Å². The lowest BCUT2D eigenvalue weighted by Crippen LogP contribution is -2.01. The predicted molar refractivity (Wildman–Crippen MR) is 114 cm³/mol. The lowest BCUT2D eigenvalue weighted by molar-refractivity contribution is 0.318. The Labute approximate surface area is 169 Å². The van der Waals surface area contributed by atoms with Crippen molar-refractivity contribution in [1.29, 1.82) is 0 Å². The molecule has 0 fully saturated rings. The molecule has 0 aliphatic heterocycles. The van der Waals surface area contributed by atoms with Gasteiger partial charge < -0.3 is 9.30 Å². The highest BCUT2D eigenvalue weighted by Crippen LogP contribution is 2.24. The maximum atomic E-state index is 5.77. The number of aryl methyl sites for hydroxylation is 2. The van der Waals surface area contributed by atoms with Gasteiger partial charge in [-0.2, -0.15) is 0 Å². The van der Waals surface area contributed by atoms with Crippen LogP contribution in [-0.4, -0.2) is 27.1 Å². The number of benzene rings is 2. The molecule has 27 heavy (non-hydrogen) atoms. The lowest BCUT2D eigenvalue weighted by atomic mass is 10.2. The molecular formula is C21H25N3OS2. The van der Waals surface area contributed by atoms with Gasteiger partial charge in [0.2, 0.25) is 0 Å². The van der Waals surface area contributed by atoms with Gasteiger partial charge in [-0.3, -0.25) is 0 Å². The van der Waals surface area contributed by atoms with Crippen molar-refractivity contribution in [1.82, 2.24) is 14.8 Å². The van der Waals surface area contributed by atoms with Crippen molar-refractivity contribution < 1.29 is 4.74 Å². The highest BCUT2D eigenvalue weighted by Gasteiger charge is 2.09. The molecule has 0 spiro atoms. The molecule has 1 aromatic heterocycles. The summed E-state index contributed by atoms with van der Waals surface area (Å²) < 4.78 is 7.86. The summed E-state index contributed by atoms with van der Waals surface area (Å²) in [6.45, 7) is 4.89. The fourth-order valence-electron chi connectivity index (χ4n) is 2.43. The third-order valence-corrected chi connectivity index (χ3v) is 6.24. The maximum absolute atomic E-state index is 5.77. The van der Waals surface area contributed by atoms with Crippen LogP contribution in [0.5, 0.6) is 5.75 Å². The fraction of sp³-hybridized carbons (Fsp3) is 0.333. The smallest absolute Gasteiger partial charge is 0.190 e. The lowest BCUT2D eigenvalue weighted by Gasteiger charge is -2.06. The van der Waals surface area contributed by atoms with Crippen molar-refractivity contribution in [2.75, 3.05) is 12.4 Å². The third kappa shape index (κ3) is 6.04. The number of thioether (sulfide) groups is 2. The van der Waals surface area contributed by atoms with Crippen LogP contribution in [0.4, 0.5) is 0 Å². The van der Waals surface area contributed by atoms with E-state index in [0.29, 0.717) is 6.61 Å². The van der Waals surface area contributed by atoms with Gasteiger partial charge in [-0.05, 0) is 44.5 Å². The highest BCUT2D eigenvalue weighted by molar-refractivity contribution is 7.99. The average Bonchev–Trinajstić information content (AvgIpc) is 3.02. The number of ether oxygens (including phenoxy) is 1. The molecule has 3 aromatic rings. The monoisotopic (exact) mass is 399 g/mol. The summed E-state index contributed by atoms with van der Waals surface area (Å²) in [7, 11) is 2.04. The molecule has 4 nitrogen and oxygen atoms in total. The molecule has 0 unspecified atom stereocenters. The van der Waals surface area contributed by atoms with E-state index in [4.69, 9.17) is 4.74 Å². The van der Waals surface area contributed by atoms with Crippen molar-refractivity contribution in [2.45, 2.75) is 36.1 Å². The topological polar surface area (TPSA) is 39.9 Å². The molecular weight excluding hydrogens is 374 g/mol. The summed E-state index contributed by atoms with van der Waals surface area (Å²) in [5.74, 6) is 3.71. The highest BCUT2D eigenvalue weighted by atomic mass is 32.2. The number of hydrogen-bond donors (Lipinski definition) is 0. The van der Waals surface area contributed by atoms with E-state index >= 15 is 0 Å². The van der Waals surface area contributed by atoms with Crippen molar-refractivity contribution in [3.63, 3.8) is 0 Å². The van der Waals surface area contributed by atoms with Crippen molar-refractivity contribution >= 4 is 23.5 Å². The van der Waals surface area contributed by atoms with E-state index in [0.717, 1.165) is 34.7 Å². The summed E-state index contributed by atoms with van der Waals surface area (Å²) in [5, 5.41) is 9.64. The van der Waals surface area contributed by atoms with E-state index in [2.05, 4.69) is 65.0 Å². The predicted octanol–water partition coefficient (Wildman–Crippen LogP) is 5.29. The zero-order valence-corrected chi connectivity index (χ0v) is 17.6. The molecule has 0 saturated carbocycles. The third-order valence-electron chi connectivity index (χ3n) is 4.12. The Hall–Kier alpha value is -1.92. The molecule has 2 aromatic carbocycles. The first-order chi connectivity index (χ1) is 13.1. The normalized spacial score (nSPS) is 10.9. The van der Waals surface area contributed by atoms with Gasteiger partial charge in [-0.25, -0.2) is 0 Å². The molecule has 6 heteroatoms. The number of aromatic nitrogens is 3. The van der Waals surface area contributed by atoms with Crippen LogP contribution in [0.25, 0.3) is 0 Å². The van der Waals surface area contributed by atoms with E-state index in [1.165, 1.54) is 16.0 Å². The van der Waals surface area contributed by atoms with Gasteiger partial charge in [-0.1, -0.05) is 47.2 Å². The summed E-state index contributed by atoms with van der Waals surface area (Å²) in [6, 6.07) is 16.8. The van der Waals surface area contributed by atoms with Gasteiger partial charge in [0, 0.05) is 17.7 Å². The molecule has 0 saturated heterocycles. The van der Waals surface area contributed by atoms with Gasteiger partial charge in [0.05, 0.1) is 12.4 Å². The first-order valence-corrected chi connectivity index (χ1v) is 11.0. The molecule has 0 radical (unpaired) electrons. The van der Waals surface area contributed by atoms with Crippen molar-refractivity contribution in [2.24, 2.45) is 7.05 Å². The van der Waals surface area contributed by atoms with E-state index in [-0.39, 0.29) is 0 Å². The van der Waals surface area contributed by atoms with Crippen LogP contribution in [0.15, 0.2) is 58.6 Å². The van der Waals surface area contributed by atoms with Gasteiger partial charge in [0.15, 0.2) is 5.16 Å². The Kier molecular flexibility index (Phi) is 7.24. The second-order valence-corrected chi connectivity index (χ2v) is 8.53. The molecule has 1 heterocycles. The summed E-state index contributed by atoms with van der Waals surface area (Å²) in [5.41, 5.74) is 2.53. The summed E-state index contributed by atoms with van der Waals surface area (Å²) >= 11 is 3.52. The van der Waals surface area contributed by atoms with Gasteiger partial charge >= 0.3 is 0 Å². The van der Waals surface area contributed by atoms with Gasteiger partial charge in [0.1, 0.15) is 11.6 Å². The second kappa shape index (κ2) is 9.85. The molecule has 0 N–H and O–H groups in total.